The first-order chi connectivity index (χ1) is 15.9. The molecule has 3 aromatic carbocycles. The molecule has 2 amide bonds. The maximum absolute atomic E-state index is 14.1. The van der Waals surface area contributed by atoms with Crippen LogP contribution >= 0.6 is 0 Å². The van der Waals surface area contributed by atoms with Crippen molar-refractivity contribution in [1.82, 2.24) is 0 Å². The second kappa shape index (κ2) is 9.54. The zero-order chi connectivity index (χ0) is 25.2. The van der Waals surface area contributed by atoms with E-state index < -0.39 is 40.5 Å². The molecule has 3 rings (SSSR count). The molecule has 0 bridgehead atoms. The Morgan fingerprint density at radius 3 is 1.56 bits per heavy atom. The molecule has 5 nitrogen and oxygen atoms in total. The lowest BCUT2D eigenvalue weighted by Gasteiger charge is -2.19. The second-order valence-corrected chi connectivity index (χ2v) is 8.48. The quantitative estimate of drug-likeness (QED) is 0.349. The van der Waals surface area contributed by atoms with Gasteiger partial charge in [-0.1, -0.05) is 32.9 Å². The van der Waals surface area contributed by atoms with Crippen LogP contribution in [0, 0.1) is 23.3 Å². The van der Waals surface area contributed by atoms with Crippen LogP contribution in [-0.4, -0.2) is 18.9 Å². The smallest absolute Gasteiger partial charge is 0.261 e. The average molecular weight is 474 g/mol. The Morgan fingerprint density at radius 1 is 0.706 bits per heavy atom. The molecular formula is C25H22F4N2O3. The fourth-order valence-corrected chi connectivity index (χ4v) is 3.15. The zero-order valence-corrected chi connectivity index (χ0v) is 18.9. The van der Waals surface area contributed by atoms with Crippen molar-refractivity contribution < 1.29 is 31.9 Å². The monoisotopic (exact) mass is 474 g/mol. The van der Waals surface area contributed by atoms with Gasteiger partial charge in [-0.15, -0.1) is 0 Å². The van der Waals surface area contributed by atoms with Crippen LogP contribution in [-0.2, 0) is 5.41 Å². The van der Waals surface area contributed by atoms with Crippen molar-refractivity contribution in [3.63, 3.8) is 0 Å². The van der Waals surface area contributed by atoms with Gasteiger partial charge in [-0.05, 0) is 47.4 Å². The van der Waals surface area contributed by atoms with E-state index in [2.05, 4.69) is 36.1 Å². The Morgan fingerprint density at radius 2 is 1.15 bits per heavy atom. The van der Waals surface area contributed by atoms with Crippen LogP contribution in [0.5, 0.6) is 5.75 Å². The number of methoxy groups -OCH3 is 1. The topological polar surface area (TPSA) is 67.4 Å². The lowest BCUT2D eigenvalue weighted by atomic mass is 9.87. The highest BCUT2D eigenvalue weighted by molar-refractivity contribution is 6.06. The first-order valence-electron chi connectivity index (χ1n) is 10.2. The lowest BCUT2D eigenvalue weighted by molar-refractivity contribution is 0.101. The van der Waals surface area contributed by atoms with Gasteiger partial charge >= 0.3 is 0 Å². The third kappa shape index (κ3) is 5.03. The lowest BCUT2D eigenvalue weighted by Crippen LogP contribution is -2.19. The number of benzene rings is 3. The molecule has 0 heterocycles. The van der Waals surface area contributed by atoms with Crippen molar-refractivity contribution in [1.29, 1.82) is 0 Å². The van der Waals surface area contributed by atoms with Gasteiger partial charge in [0.1, 0.15) is 5.56 Å². The van der Waals surface area contributed by atoms with Crippen LogP contribution in [0.15, 0.2) is 48.5 Å². The number of carbonyl (C=O) groups excluding carboxylic acids is 2. The number of halogens is 4. The van der Waals surface area contributed by atoms with Gasteiger partial charge in [-0.3, -0.25) is 9.59 Å². The Balaban J connectivity index is 1.72. The van der Waals surface area contributed by atoms with Crippen LogP contribution in [0.4, 0.5) is 28.9 Å². The van der Waals surface area contributed by atoms with Crippen molar-refractivity contribution in [2.75, 3.05) is 17.7 Å². The second-order valence-electron chi connectivity index (χ2n) is 8.48. The highest BCUT2D eigenvalue weighted by Gasteiger charge is 2.30. The summed E-state index contributed by atoms with van der Waals surface area (Å²) < 4.78 is 60.3. The molecular weight excluding hydrogens is 452 g/mol. The van der Waals surface area contributed by atoms with Gasteiger partial charge in [0.15, 0.2) is 17.4 Å². The Hall–Kier alpha value is -3.88. The van der Waals surface area contributed by atoms with E-state index in [4.69, 9.17) is 0 Å². The molecule has 0 atom stereocenters. The van der Waals surface area contributed by atoms with Gasteiger partial charge in [-0.2, -0.15) is 8.78 Å². The summed E-state index contributed by atoms with van der Waals surface area (Å²) in [5.41, 5.74) is 0.514. The normalized spacial score (nSPS) is 11.2. The van der Waals surface area contributed by atoms with Gasteiger partial charge in [0, 0.05) is 16.9 Å². The third-order valence-electron chi connectivity index (χ3n) is 5.07. The summed E-state index contributed by atoms with van der Waals surface area (Å²) in [5.74, 6) is -10.4. The van der Waals surface area contributed by atoms with Crippen LogP contribution in [0.2, 0.25) is 0 Å². The molecule has 34 heavy (non-hydrogen) atoms. The van der Waals surface area contributed by atoms with E-state index >= 15 is 0 Å². The summed E-state index contributed by atoms with van der Waals surface area (Å²) in [6, 6.07) is 12.7. The van der Waals surface area contributed by atoms with Crippen LogP contribution in [0.25, 0.3) is 0 Å². The summed E-state index contributed by atoms with van der Waals surface area (Å²) >= 11 is 0. The molecule has 9 heteroatoms. The number of anilines is 2. The fourth-order valence-electron chi connectivity index (χ4n) is 3.15. The third-order valence-corrected chi connectivity index (χ3v) is 5.07. The van der Waals surface area contributed by atoms with Gasteiger partial charge < -0.3 is 15.4 Å². The molecule has 0 aromatic heterocycles. The molecule has 2 N–H and O–H groups in total. The molecule has 0 saturated carbocycles. The maximum Gasteiger partial charge on any atom is 0.261 e. The summed E-state index contributed by atoms with van der Waals surface area (Å²) in [4.78, 5) is 24.7. The number of nitrogens with one attached hydrogen (secondary N) is 2. The Kier molecular flexibility index (Phi) is 6.95. The zero-order valence-electron chi connectivity index (χ0n) is 18.9. The van der Waals surface area contributed by atoms with Crippen molar-refractivity contribution in [2.24, 2.45) is 0 Å². The SMILES string of the molecule is COc1c(F)c(F)c(C(=O)Nc2ccc(NC(=O)c3ccc(C(C)(C)C)cc3)cc2)c(F)c1F. The molecule has 3 aromatic rings. The first kappa shape index (κ1) is 24.8. The number of hydrogen-bond acceptors (Lipinski definition) is 3. The van der Waals surface area contributed by atoms with Crippen molar-refractivity contribution in [2.45, 2.75) is 26.2 Å². The van der Waals surface area contributed by atoms with Gasteiger partial charge in [-0.25, -0.2) is 8.78 Å². The van der Waals surface area contributed by atoms with Crippen molar-refractivity contribution in [3.05, 3.63) is 88.5 Å². The minimum Gasteiger partial charge on any atom is -0.491 e. The molecule has 0 unspecified atom stereocenters. The van der Waals surface area contributed by atoms with Gasteiger partial charge in [0.05, 0.1) is 7.11 Å². The van der Waals surface area contributed by atoms with E-state index in [0.717, 1.165) is 12.7 Å². The van der Waals surface area contributed by atoms with Gasteiger partial charge in [0.25, 0.3) is 11.8 Å². The molecule has 0 fully saturated rings. The number of carbonyl (C=O) groups is 2. The molecule has 0 radical (unpaired) electrons. The minimum atomic E-state index is -1.88. The molecule has 178 valence electrons. The Bertz CT molecular complexity index is 1210. The molecule has 0 aliphatic rings. The number of hydrogen-bond donors (Lipinski definition) is 2. The average Bonchev–Trinajstić information content (AvgIpc) is 2.79. The van der Waals surface area contributed by atoms with Crippen molar-refractivity contribution >= 4 is 23.2 Å². The van der Waals surface area contributed by atoms with Crippen molar-refractivity contribution in [3.8, 4) is 5.75 Å². The molecule has 0 aliphatic heterocycles. The predicted octanol–water partition coefficient (Wildman–Crippen LogP) is 6.05. The standard InChI is InChI=1S/C25H22F4N2O3/c1-25(2,3)14-7-5-13(6-8-14)23(32)30-15-9-11-16(12-10-15)31-24(33)17-18(26)20(28)22(34-4)21(29)19(17)27/h5-12H,1-4H3,(H,30,32)(H,31,33). The number of ether oxygens (including phenoxy) is 1. The van der Waals surface area contributed by atoms with E-state index in [1.165, 1.54) is 24.3 Å². The highest BCUT2D eigenvalue weighted by Crippen LogP contribution is 2.30. The number of amides is 2. The summed E-state index contributed by atoms with van der Waals surface area (Å²) in [5, 5.41) is 4.85. The predicted molar refractivity (Wildman–Crippen MR) is 120 cm³/mol. The fraction of sp³-hybridized carbons (Fsp3) is 0.200. The maximum atomic E-state index is 14.1. The van der Waals surface area contributed by atoms with E-state index in [-0.39, 0.29) is 17.0 Å². The first-order valence-corrected chi connectivity index (χ1v) is 10.2. The summed E-state index contributed by atoms with van der Waals surface area (Å²) in [6.45, 7) is 6.19. The molecule has 0 saturated heterocycles. The van der Waals surface area contributed by atoms with Crippen LogP contribution < -0.4 is 15.4 Å². The van der Waals surface area contributed by atoms with Gasteiger partial charge in [0.2, 0.25) is 11.6 Å². The highest BCUT2D eigenvalue weighted by atomic mass is 19.2. The van der Waals surface area contributed by atoms with E-state index in [1.807, 2.05) is 12.1 Å². The van der Waals surface area contributed by atoms with Crippen LogP contribution in [0.1, 0.15) is 47.1 Å². The minimum absolute atomic E-state index is 0.0511. The number of rotatable bonds is 5. The molecule has 0 aliphatic carbocycles. The summed E-state index contributed by atoms with van der Waals surface area (Å²) in [6.07, 6.45) is 0. The molecule has 0 spiro atoms. The Labute approximate surface area is 193 Å². The van der Waals surface area contributed by atoms with E-state index in [0.29, 0.717) is 11.3 Å². The van der Waals surface area contributed by atoms with Crippen LogP contribution in [0.3, 0.4) is 0 Å². The summed E-state index contributed by atoms with van der Waals surface area (Å²) in [7, 11) is 0.835. The largest absolute Gasteiger partial charge is 0.491 e. The van der Waals surface area contributed by atoms with E-state index in [9.17, 15) is 27.2 Å². The van der Waals surface area contributed by atoms with E-state index in [1.54, 1.807) is 12.1 Å².